The van der Waals surface area contributed by atoms with Crippen LogP contribution in [-0.2, 0) is 0 Å². The average Bonchev–Trinajstić information content (AvgIpc) is 2.33. The van der Waals surface area contributed by atoms with E-state index in [-0.39, 0.29) is 12.6 Å². The van der Waals surface area contributed by atoms with Crippen LogP contribution in [0.1, 0.15) is 0 Å². The maximum Gasteiger partial charge on any atom is 0.408 e. The van der Waals surface area contributed by atoms with E-state index in [1.807, 2.05) is 0 Å². The van der Waals surface area contributed by atoms with Crippen LogP contribution in [0.4, 0.5) is 4.79 Å². The van der Waals surface area contributed by atoms with E-state index in [1.165, 1.54) is 4.90 Å². The fraction of sp³-hybridized carbons (Fsp3) is 0.500. The Bertz CT molecular complexity index is 166. The van der Waals surface area contributed by atoms with Gasteiger partial charge in [0.15, 0.2) is 0 Å². The third-order valence-electron chi connectivity index (χ3n) is 1.49. The maximum absolute atomic E-state index is 10.3. The van der Waals surface area contributed by atoms with Crippen molar-refractivity contribution in [1.29, 1.82) is 0 Å². The van der Waals surface area contributed by atoms with Gasteiger partial charge in [0.2, 0.25) is 0 Å². The number of aliphatic hydroxyl groups excluding tert-OH is 1. The van der Waals surface area contributed by atoms with Crippen LogP contribution < -0.4 is 0 Å². The van der Waals surface area contributed by atoms with E-state index in [2.05, 4.69) is 0 Å². The van der Waals surface area contributed by atoms with E-state index < -0.39 is 6.09 Å². The predicted octanol–water partition coefficient (Wildman–Crippen LogP) is -0.103. The molecule has 0 aromatic carbocycles. The van der Waals surface area contributed by atoms with Gasteiger partial charge >= 0.3 is 6.09 Å². The monoisotopic (exact) mass is 143 g/mol. The molecule has 4 nitrogen and oxygen atoms in total. The molecule has 0 bridgehead atoms. The maximum atomic E-state index is 10.3. The zero-order valence-corrected chi connectivity index (χ0v) is 5.40. The summed E-state index contributed by atoms with van der Waals surface area (Å²) in [5.74, 6) is 0. The Hall–Kier alpha value is -1.03. The summed E-state index contributed by atoms with van der Waals surface area (Å²) in [6.45, 7) is 0.253. The minimum atomic E-state index is -0.982. The van der Waals surface area contributed by atoms with Crippen LogP contribution in [0.2, 0.25) is 0 Å². The minimum absolute atomic E-state index is 0.136. The highest BCUT2D eigenvalue weighted by molar-refractivity contribution is 5.66. The number of carboxylic acid groups (broad SMARTS) is 1. The quantitative estimate of drug-likeness (QED) is 0.504. The molecule has 1 rings (SSSR count). The first-order valence-electron chi connectivity index (χ1n) is 3.03. The van der Waals surface area contributed by atoms with E-state index >= 15 is 0 Å². The molecule has 0 saturated carbocycles. The smallest absolute Gasteiger partial charge is 0.408 e. The molecule has 0 fully saturated rings. The molecule has 1 aliphatic rings. The first-order chi connectivity index (χ1) is 4.75. The van der Waals surface area contributed by atoms with E-state index in [0.29, 0.717) is 6.54 Å². The molecule has 10 heavy (non-hydrogen) atoms. The number of carbonyl (C=O) groups is 1. The first-order valence-corrected chi connectivity index (χ1v) is 3.03. The zero-order chi connectivity index (χ0) is 7.56. The lowest BCUT2D eigenvalue weighted by Crippen LogP contribution is -2.36. The predicted molar refractivity (Wildman–Crippen MR) is 34.7 cm³/mol. The number of hydrogen-bond acceptors (Lipinski definition) is 2. The fourth-order valence-electron chi connectivity index (χ4n) is 0.950. The highest BCUT2D eigenvalue weighted by Crippen LogP contribution is 2.08. The summed E-state index contributed by atoms with van der Waals surface area (Å²) in [6.07, 6.45) is 2.44. The summed E-state index contributed by atoms with van der Waals surface area (Å²) in [5, 5.41) is 17.1. The molecular formula is C6H9NO3. The van der Waals surface area contributed by atoms with Crippen LogP contribution in [0.3, 0.4) is 0 Å². The third kappa shape index (κ3) is 1.11. The summed E-state index contributed by atoms with van der Waals surface area (Å²) in [5.41, 5.74) is 0. The summed E-state index contributed by atoms with van der Waals surface area (Å²) < 4.78 is 0. The van der Waals surface area contributed by atoms with Crippen LogP contribution in [0.25, 0.3) is 0 Å². The minimum Gasteiger partial charge on any atom is -0.465 e. The Kier molecular flexibility index (Phi) is 1.91. The van der Waals surface area contributed by atoms with Crippen LogP contribution >= 0.6 is 0 Å². The van der Waals surface area contributed by atoms with E-state index in [4.69, 9.17) is 10.2 Å². The van der Waals surface area contributed by atoms with Crippen molar-refractivity contribution < 1.29 is 15.0 Å². The van der Waals surface area contributed by atoms with Gasteiger partial charge in [-0.3, -0.25) is 4.90 Å². The largest absolute Gasteiger partial charge is 0.465 e. The Balaban J connectivity index is 2.56. The first kappa shape index (κ1) is 7.08. The highest BCUT2D eigenvalue weighted by Gasteiger charge is 2.22. The summed E-state index contributed by atoms with van der Waals surface area (Å²) in [7, 11) is 0. The number of amides is 1. The van der Waals surface area contributed by atoms with Crippen LogP contribution in [-0.4, -0.2) is 40.4 Å². The Morgan fingerprint density at radius 1 is 1.80 bits per heavy atom. The third-order valence-corrected chi connectivity index (χ3v) is 1.49. The molecule has 1 atom stereocenters. The molecule has 0 aliphatic carbocycles. The summed E-state index contributed by atoms with van der Waals surface area (Å²) in [4.78, 5) is 11.5. The van der Waals surface area contributed by atoms with Crippen molar-refractivity contribution in [2.75, 3.05) is 13.2 Å². The van der Waals surface area contributed by atoms with Gasteiger partial charge in [-0.25, -0.2) is 4.79 Å². The van der Waals surface area contributed by atoms with Gasteiger partial charge in [-0.1, -0.05) is 12.2 Å². The van der Waals surface area contributed by atoms with Gasteiger partial charge in [-0.2, -0.15) is 0 Å². The van der Waals surface area contributed by atoms with Gasteiger partial charge in [0, 0.05) is 6.54 Å². The molecule has 2 N–H and O–H groups in total. The molecule has 0 saturated heterocycles. The SMILES string of the molecule is O=C(O)N1CC=C[C@@H]1CO. The number of hydrogen-bond donors (Lipinski definition) is 2. The standard InChI is InChI=1S/C6H9NO3/c8-4-5-2-1-3-7(5)6(9)10/h1-2,5,8H,3-4H2,(H,9,10)/t5-/m1/s1. The van der Waals surface area contributed by atoms with Crippen molar-refractivity contribution in [3.05, 3.63) is 12.2 Å². The van der Waals surface area contributed by atoms with Crippen LogP contribution in [0, 0.1) is 0 Å². The fourth-order valence-corrected chi connectivity index (χ4v) is 0.950. The second-order valence-electron chi connectivity index (χ2n) is 2.11. The zero-order valence-electron chi connectivity index (χ0n) is 5.40. The van der Waals surface area contributed by atoms with Crippen molar-refractivity contribution in [2.45, 2.75) is 6.04 Å². The van der Waals surface area contributed by atoms with Gasteiger partial charge < -0.3 is 10.2 Å². The van der Waals surface area contributed by atoms with Gasteiger partial charge in [-0.05, 0) is 0 Å². The molecule has 1 amide bonds. The second kappa shape index (κ2) is 2.70. The summed E-state index contributed by atoms with van der Waals surface area (Å²) >= 11 is 0. The van der Waals surface area contributed by atoms with Crippen LogP contribution in [0.5, 0.6) is 0 Å². The van der Waals surface area contributed by atoms with E-state index in [0.717, 1.165) is 0 Å². The van der Waals surface area contributed by atoms with Gasteiger partial charge in [0.1, 0.15) is 0 Å². The van der Waals surface area contributed by atoms with Gasteiger partial charge in [0.05, 0.1) is 12.6 Å². The van der Waals surface area contributed by atoms with Gasteiger partial charge in [-0.15, -0.1) is 0 Å². The van der Waals surface area contributed by atoms with Crippen molar-refractivity contribution in [3.63, 3.8) is 0 Å². The molecule has 56 valence electrons. The lowest BCUT2D eigenvalue weighted by molar-refractivity contribution is 0.125. The Morgan fingerprint density at radius 3 is 2.90 bits per heavy atom. The van der Waals surface area contributed by atoms with Crippen molar-refractivity contribution in [3.8, 4) is 0 Å². The number of rotatable bonds is 1. The van der Waals surface area contributed by atoms with Gasteiger partial charge in [0.25, 0.3) is 0 Å². The lowest BCUT2D eigenvalue weighted by Gasteiger charge is -2.18. The molecule has 0 aromatic rings. The van der Waals surface area contributed by atoms with Crippen molar-refractivity contribution in [1.82, 2.24) is 4.90 Å². The van der Waals surface area contributed by atoms with E-state index in [9.17, 15) is 4.79 Å². The number of nitrogens with zero attached hydrogens (tertiary/aromatic N) is 1. The summed E-state index contributed by atoms with van der Waals surface area (Å²) in [6, 6.07) is -0.336. The van der Waals surface area contributed by atoms with E-state index in [1.54, 1.807) is 12.2 Å². The lowest BCUT2D eigenvalue weighted by atomic mass is 10.3. The van der Waals surface area contributed by atoms with Crippen LogP contribution in [0.15, 0.2) is 12.2 Å². The Labute approximate surface area is 58.4 Å². The molecule has 4 heteroatoms. The highest BCUT2D eigenvalue weighted by atomic mass is 16.4. The molecule has 0 aromatic heterocycles. The van der Waals surface area contributed by atoms with Crippen molar-refractivity contribution >= 4 is 6.09 Å². The average molecular weight is 143 g/mol. The molecule has 0 radical (unpaired) electrons. The molecule has 1 aliphatic heterocycles. The molecular weight excluding hydrogens is 134 g/mol. The topological polar surface area (TPSA) is 60.8 Å². The molecule has 0 spiro atoms. The Morgan fingerprint density at radius 2 is 2.50 bits per heavy atom. The van der Waals surface area contributed by atoms with Crippen molar-refractivity contribution in [2.24, 2.45) is 0 Å². The number of aliphatic hydroxyl groups is 1. The molecule has 1 heterocycles. The molecule has 0 unspecified atom stereocenters. The normalized spacial score (nSPS) is 23.7. The second-order valence-corrected chi connectivity index (χ2v) is 2.11.